The van der Waals surface area contributed by atoms with Crippen LogP contribution in [0.15, 0.2) is 54.6 Å². The summed E-state index contributed by atoms with van der Waals surface area (Å²) in [6, 6.07) is 16.8. The first-order chi connectivity index (χ1) is 8.77. The molecule has 0 spiro atoms. The van der Waals surface area contributed by atoms with Crippen LogP contribution in [0.5, 0.6) is 0 Å². The van der Waals surface area contributed by atoms with E-state index in [2.05, 4.69) is 56.3 Å². The molecule has 1 aliphatic rings. The number of fused-ring (bicyclic) bond motifs is 1. The van der Waals surface area contributed by atoms with Gasteiger partial charge < -0.3 is 0 Å². The molecule has 1 aliphatic carbocycles. The highest BCUT2D eigenvalue weighted by atomic mass is 14.1. The maximum atomic E-state index is 2.25. The summed E-state index contributed by atoms with van der Waals surface area (Å²) in [5.74, 6) is 0. The minimum absolute atomic E-state index is 1.21. The number of rotatable bonds is 0. The second kappa shape index (κ2) is 6.20. The van der Waals surface area contributed by atoms with Crippen molar-refractivity contribution in [3.05, 3.63) is 76.9 Å². The molecular formula is C18H20. The Morgan fingerprint density at radius 2 is 1.61 bits per heavy atom. The average molecular weight is 236 g/mol. The van der Waals surface area contributed by atoms with Gasteiger partial charge >= 0.3 is 0 Å². The van der Waals surface area contributed by atoms with Gasteiger partial charge in [-0.15, -0.1) is 0 Å². The molecule has 0 bridgehead atoms. The second-order valence-corrected chi connectivity index (χ2v) is 4.74. The Balaban J connectivity index is 0.000000149. The summed E-state index contributed by atoms with van der Waals surface area (Å²) in [5, 5.41) is 0. The molecule has 0 heterocycles. The standard InChI is InChI=1S/C11H12.C7H8/c1-9-5-4-7-10-6-2-3-8-11(9)10;1-7-5-3-2-4-6-7/h2,4-7H,3,8H2,1H3;2-6H,1H3. The minimum Gasteiger partial charge on any atom is -0.0836 e. The van der Waals surface area contributed by atoms with Crippen LogP contribution < -0.4 is 0 Å². The van der Waals surface area contributed by atoms with Gasteiger partial charge in [0.05, 0.1) is 0 Å². The van der Waals surface area contributed by atoms with Gasteiger partial charge in [-0.2, -0.15) is 0 Å². The fraction of sp³-hybridized carbons (Fsp3) is 0.222. The van der Waals surface area contributed by atoms with E-state index in [0.717, 1.165) is 0 Å². The molecule has 0 aliphatic heterocycles. The van der Waals surface area contributed by atoms with Crippen LogP contribution in [0.4, 0.5) is 0 Å². The van der Waals surface area contributed by atoms with Gasteiger partial charge in [-0.3, -0.25) is 0 Å². The van der Waals surface area contributed by atoms with E-state index in [4.69, 9.17) is 0 Å². The van der Waals surface area contributed by atoms with Crippen molar-refractivity contribution in [3.8, 4) is 0 Å². The maximum Gasteiger partial charge on any atom is -0.0225 e. The van der Waals surface area contributed by atoms with Crippen molar-refractivity contribution in [3.63, 3.8) is 0 Å². The number of benzene rings is 2. The molecule has 0 unspecified atom stereocenters. The number of hydrogen-bond donors (Lipinski definition) is 0. The summed E-state index contributed by atoms with van der Waals surface area (Å²) in [4.78, 5) is 0. The third-order valence-electron chi connectivity index (χ3n) is 3.25. The molecule has 0 atom stereocenters. The molecule has 0 fully saturated rings. The van der Waals surface area contributed by atoms with Gasteiger partial charge in [0.2, 0.25) is 0 Å². The van der Waals surface area contributed by atoms with E-state index in [0.29, 0.717) is 0 Å². The SMILES string of the molecule is Cc1cccc2c1CCC=C2.Cc1ccccc1. The molecule has 2 aromatic carbocycles. The first kappa shape index (κ1) is 12.6. The van der Waals surface area contributed by atoms with Crippen molar-refractivity contribution >= 4 is 6.08 Å². The Bertz CT molecular complexity index is 521. The number of aryl methyl sites for hydroxylation is 2. The first-order valence-electron chi connectivity index (χ1n) is 6.54. The lowest BCUT2D eigenvalue weighted by Gasteiger charge is -2.12. The zero-order valence-corrected chi connectivity index (χ0v) is 11.2. The zero-order valence-electron chi connectivity index (χ0n) is 11.2. The highest BCUT2D eigenvalue weighted by Crippen LogP contribution is 2.21. The third kappa shape index (κ3) is 3.33. The number of allylic oxidation sites excluding steroid dienone is 1. The smallest absolute Gasteiger partial charge is 0.0225 e. The van der Waals surface area contributed by atoms with E-state index in [1.807, 2.05) is 18.2 Å². The predicted octanol–water partition coefficient (Wildman–Crippen LogP) is 4.95. The molecular weight excluding hydrogens is 216 g/mol. The van der Waals surface area contributed by atoms with Crippen LogP contribution in [-0.2, 0) is 6.42 Å². The van der Waals surface area contributed by atoms with E-state index in [-0.39, 0.29) is 0 Å². The molecule has 0 heteroatoms. The van der Waals surface area contributed by atoms with Crippen LogP contribution in [0, 0.1) is 13.8 Å². The number of hydrogen-bond acceptors (Lipinski definition) is 0. The zero-order chi connectivity index (χ0) is 12.8. The summed E-state index contributed by atoms with van der Waals surface area (Å²) in [7, 11) is 0. The van der Waals surface area contributed by atoms with Crippen molar-refractivity contribution in [2.75, 3.05) is 0 Å². The van der Waals surface area contributed by atoms with Crippen LogP contribution >= 0.6 is 0 Å². The molecule has 0 radical (unpaired) electrons. The van der Waals surface area contributed by atoms with E-state index in [1.54, 1.807) is 0 Å². The van der Waals surface area contributed by atoms with Gasteiger partial charge in [-0.05, 0) is 43.4 Å². The average Bonchev–Trinajstić information content (AvgIpc) is 2.41. The van der Waals surface area contributed by atoms with E-state index < -0.39 is 0 Å². The Hall–Kier alpha value is -1.82. The third-order valence-corrected chi connectivity index (χ3v) is 3.25. The highest BCUT2D eigenvalue weighted by molar-refractivity contribution is 5.58. The van der Waals surface area contributed by atoms with Crippen LogP contribution in [0.2, 0.25) is 0 Å². The van der Waals surface area contributed by atoms with Gasteiger partial charge in [-0.25, -0.2) is 0 Å². The molecule has 18 heavy (non-hydrogen) atoms. The summed E-state index contributed by atoms with van der Waals surface area (Å²) < 4.78 is 0. The largest absolute Gasteiger partial charge is 0.0836 e. The van der Waals surface area contributed by atoms with Crippen molar-refractivity contribution in [1.29, 1.82) is 0 Å². The fourth-order valence-electron chi connectivity index (χ4n) is 2.19. The molecule has 92 valence electrons. The molecule has 0 saturated carbocycles. The van der Waals surface area contributed by atoms with Gasteiger partial charge in [0.15, 0.2) is 0 Å². The van der Waals surface area contributed by atoms with E-state index in [9.17, 15) is 0 Å². The Kier molecular flexibility index (Phi) is 4.35. The van der Waals surface area contributed by atoms with Crippen molar-refractivity contribution in [2.24, 2.45) is 0 Å². The minimum atomic E-state index is 1.21. The van der Waals surface area contributed by atoms with Gasteiger partial charge in [0, 0.05) is 0 Å². The van der Waals surface area contributed by atoms with Crippen LogP contribution in [0.1, 0.15) is 28.7 Å². The lowest BCUT2D eigenvalue weighted by atomic mass is 9.94. The first-order valence-corrected chi connectivity index (χ1v) is 6.54. The van der Waals surface area contributed by atoms with Crippen molar-refractivity contribution < 1.29 is 0 Å². The maximum absolute atomic E-state index is 2.25. The molecule has 0 nitrogen and oxygen atoms in total. The highest BCUT2D eigenvalue weighted by Gasteiger charge is 2.04. The van der Waals surface area contributed by atoms with Crippen molar-refractivity contribution in [2.45, 2.75) is 26.7 Å². The van der Waals surface area contributed by atoms with Gasteiger partial charge in [-0.1, -0.05) is 66.2 Å². The lowest BCUT2D eigenvalue weighted by molar-refractivity contribution is 0.971. The Morgan fingerprint density at radius 1 is 0.833 bits per heavy atom. The fourth-order valence-corrected chi connectivity index (χ4v) is 2.19. The quantitative estimate of drug-likeness (QED) is 0.607. The normalized spacial score (nSPS) is 12.3. The summed E-state index contributed by atoms with van der Waals surface area (Å²) in [6.45, 7) is 4.28. The van der Waals surface area contributed by atoms with Crippen LogP contribution in [0.3, 0.4) is 0 Å². The molecule has 0 N–H and O–H groups in total. The van der Waals surface area contributed by atoms with Crippen LogP contribution in [0.25, 0.3) is 6.08 Å². The monoisotopic (exact) mass is 236 g/mol. The molecule has 0 saturated heterocycles. The van der Waals surface area contributed by atoms with Crippen molar-refractivity contribution in [1.82, 2.24) is 0 Å². The predicted molar refractivity (Wildman–Crippen MR) is 79.7 cm³/mol. The summed E-state index contributed by atoms with van der Waals surface area (Å²) in [6.07, 6.45) is 6.91. The van der Waals surface area contributed by atoms with Crippen LogP contribution in [-0.4, -0.2) is 0 Å². The van der Waals surface area contributed by atoms with E-state index >= 15 is 0 Å². The van der Waals surface area contributed by atoms with E-state index in [1.165, 1.54) is 35.1 Å². The molecule has 0 amide bonds. The molecule has 0 aromatic heterocycles. The topological polar surface area (TPSA) is 0 Å². The lowest BCUT2D eigenvalue weighted by Crippen LogP contribution is -1.96. The van der Waals surface area contributed by atoms with Gasteiger partial charge in [0.1, 0.15) is 0 Å². The molecule has 2 aromatic rings. The summed E-state index contributed by atoms with van der Waals surface area (Å²) in [5.41, 5.74) is 5.71. The molecule has 3 rings (SSSR count). The summed E-state index contributed by atoms with van der Waals surface area (Å²) >= 11 is 0. The Morgan fingerprint density at radius 3 is 2.22 bits per heavy atom. The second-order valence-electron chi connectivity index (χ2n) is 4.74. The van der Waals surface area contributed by atoms with Gasteiger partial charge in [0.25, 0.3) is 0 Å². The Labute approximate surface area is 110 Å².